The summed E-state index contributed by atoms with van der Waals surface area (Å²) in [5, 5.41) is 0. The molecule has 1 saturated carbocycles. The van der Waals surface area contributed by atoms with Crippen molar-refractivity contribution < 1.29 is 4.39 Å². The van der Waals surface area contributed by atoms with Gasteiger partial charge >= 0.3 is 0 Å². The summed E-state index contributed by atoms with van der Waals surface area (Å²) in [7, 11) is 0. The Bertz CT molecular complexity index is 466. The van der Waals surface area contributed by atoms with Crippen molar-refractivity contribution in [3.05, 3.63) is 23.2 Å². The molecule has 0 spiro atoms. The highest BCUT2D eigenvalue weighted by molar-refractivity contribution is 5.31. The number of rotatable bonds is 2. The predicted octanol–water partition coefficient (Wildman–Crippen LogP) is 3.57. The first-order valence-electron chi connectivity index (χ1n) is 7.98. The number of fused-ring (bicyclic) bond motifs is 1. The monoisotopic (exact) mass is 278 g/mol. The van der Waals surface area contributed by atoms with E-state index in [0.717, 1.165) is 37.7 Å². The molecule has 3 aliphatic rings. The van der Waals surface area contributed by atoms with Gasteiger partial charge in [-0.25, -0.2) is 4.39 Å². The second kappa shape index (κ2) is 4.87. The van der Waals surface area contributed by atoms with E-state index in [1.165, 1.54) is 6.42 Å². The van der Waals surface area contributed by atoms with Gasteiger partial charge in [-0.15, -0.1) is 0 Å². The zero-order valence-corrected chi connectivity index (χ0v) is 13.2. The maximum atomic E-state index is 14.5. The molecule has 0 aromatic heterocycles. The summed E-state index contributed by atoms with van der Waals surface area (Å²) in [6, 6.07) is 0.431. The van der Waals surface area contributed by atoms with Crippen LogP contribution in [0, 0.1) is 11.3 Å². The third kappa shape index (κ3) is 2.20. The van der Waals surface area contributed by atoms with Gasteiger partial charge in [0.15, 0.2) is 0 Å². The van der Waals surface area contributed by atoms with Crippen LogP contribution < -0.4 is 0 Å². The Labute approximate surface area is 122 Å². The van der Waals surface area contributed by atoms with E-state index in [2.05, 4.69) is 43.6 Å². The number of hydrogen-bond acceptors (Lipinski definition) is 2. The Hall–Kier alpha value is -0.830. The molecule has 3 rings (SSSR count). The van der Waals surface area contributed by atoms with Crippen LogP contribution in [-0.4, -0.2) is 42.0 Å². The molecule has 2 unspecified atom stereocenters. The third-order valence-corrected chi connectivity index (χ3v) is 5.46. The molecule has 0 saturated heterocycles. The van der Waals surface area contributed by atoms with Gasteiger partial charge in [0.1, 0.15) is 5.83 Å². The lowest BCUT2D eigenvalue weighted by Gasteiger charge is -2.53. The first-order valence-corrected chi connectivity index (χ1v) is 7.98. The van der Waals surface area contributed by atoms with Crippen LogP contribution in [0.25, 0.3) is 0 Å². The van der Waals surface area contributed by atoms with E-state index in [-0.39, 0.29) is 5.83 Å². The second-order valence-electron chi connectivity index (χ2n) is 7.37. The van der Waals surface area contributed by atoms with Gasteiger partial charge in [0.25, 0.3) is 0 Å². The molecule has 0 radical (unpaired) electrons. The molecule has 0 aromatic rings. The smallest absolute Gasteiger partial charge is 0.133 e. The summed E-state index contributed by atoms with van der Waals surface area (Å²) in [6.07, 6.45) is 4.47. The van der Waals surface area contributed by atoms with Crippen LogP contribution in [0.2, 0.25) is 0 Å². The normalized spacial score (nSPS) is 35.0. The van der Waals surface area contributed by atoms with E-state index in [0.29, 0.717) is 18.0 Å². The van der Waals surface area contributed by atoms with E-state index >= 15 is 0 Å². The summed E-state index contributed by atoms with van der Waals surface area (Å²) in [6.45, 7) is 12.3. The summed E-state index contributed by atoms with van der Waals surface area (Å²) >= 11 is 0. The Morgan fingerprint density at radius 3 is 2.70 bits per heavy atom. The van der Waals surface area contributed by atoms with Crippen molar-refractivity contribution in [3.8, 4) is 0 Å². The van der Waals surface area contributed by atoms with Crippen LogP contribution in [0.15, 0.2) is 23.2 Å². The molecule has 20 heavy (non-hydrogen) atoms. The van der Waals surface area contributed by atoms with Crippen molar-refractivity contribution in [2.75, 3.05) is 26.2 Å². The standard InChI is InChI=1S/C17H27FN2/c1-12(2)19-8-6-16(15(18)10-19)20-7-5-14-13(3)9-17(14,4)11-20/h5,12-13H,6-11H2,1-4H3. The van der Waals surface area contributed by atoms with Crippen molar-refractivity contribution in [1.82, 2.24) is 9.80 Å². The molecule has 1 fully saturated rings. The van der Waals surface area contributed by atoms with E-state index in [1.807, 2.05) is 0 Å². The molecule has 0 N–H and O–H groups in total. The Morgan fingerprint density at radius 2 is 2.15 bits per heavy atom. The fraction of sp³-hybridized carbons (Fsp3) is 0.765. The lowest BCUT2D eigenvalue weighted by atomic mass is 9.58. The molecule has 2 aliphatic heterocycles. The van der Waals surface area contributed by atoms with Crippen LogP contribution in [0.1, 0.15) is 40.5 Å². The molecular formula is C17H27FN2. The van der Waals surface area contributed by atoms with Crippen molar-refractivity contribution >= 4 is 0 Å². The van der Waals surface area contributed by atoms with Gasteiger partial charge in [-0.05, 0) is 26.2 Å². The Kier molecular flexibility index (Phi) is 3.44. The van der Waals surface area contributed by atoms with E-state index in [1.54, 1.807) is 5.57 Å². The second-order valence-corrected chi connectivity index (χ2v) is 7.37. The lowest BCUT2D eigenvalue weighted by Crippen LogP contribution is -2.50. The summed E-state index contributed by atoms with van der Waals surface area (Å²) in [5.41, 5.74) is 2.88. The molecule has 1 aliphatic carbocycles. The molecule has 0 aromatic carbocycles. The maximum Gasteiger partial charge on any atom is 0.133 e. The van der Waals surface area contributed by atoms with Crippen LogP contribution in [0.5, 0.6) is 0 Å². The molecule has 0 bridgehead atoms. The topological polar surface area (TPSA) is 6.48 Å². The average Bonchev–Trinajstić information content (AvgIpc) is 2.36. The van der Waals surface area contributed by atoms with Crippen LogP contribution in [0.3, 0.4) is 0 Å². The zero-order valence-electron chi connectivity index (χ0n) is 13.2. The maximum absolute atomic E-state index is 14.5. The van der Waals surface area contributed by atoms with Gasteiger partial charge in [0, 0.05) is 43.2 Å². The highest BCUT2D eigenvalue weighted by Gasteiger charge is 2.46. The molecule has 112 valence electrons. The SMILES string of the molecule is CC1CC2(C)CN(C3=C(F)CN(C(C)C)CC3)CC=C12. The van der Waals surface area contributed by atoms with Crippen LogP contribution in [-0.2, 0) is 0 Å². The summed E-state index contributed by atoms with van der Waals surface area (Å²) in [4.78, 5) is 4.51. The third-order valence-electron chi connectivity index (χ3n) is 5.46. The molecule has 2 nitrogen and oxygen atoms in total. The van der Waals surface area contributed by atoms with Crippen LogP contribution in [0.4, 0.5) is 4.39 Å². The summed E-state index contributed by atoms with van der Waals surface area (Å²) in [5.74, 6) is 0.835. The van der Waals surface area contributed by atoms with Gasteiger partial charge in [-0.2, -0.15) is 0 Å². The Morgan fingerprint density at radius 1 is 1.40 bits per heavy atom. The minimum absolute atomic E-state index is 0.0952. The van der Waals surface area contributed by atoms with Crippen molar-refractivity contribution in [2.24, 2.45) is 11.3 Å². The zero-order chi connectivity index (χ0) is 14.5. The average molecular weight is 278 g/mol. The molecule has 2 atom stereocenters. The number of hydrogen-bond donors (Lipinski definition) is 0. The van der Waals surface area contributed by atoms with Gasteiger partial charge in [0.05, 0.1) is 6.54 Å². The van der Waals surface area contributed by atoms with Crippen molar-refractivity contribution in [2.45, 2.75) is 46.6 Å². The van der Waals surface area contributed by atoms with Gasteiger partial charge < -0.3 is 4.90 Å². The van der Waals surface area contributed by atoms with E-state index in [9.17, 15) is 4.39 Å². The number of halogens is 1. The first kappa shape index (κ1) is 14.1. The Balaban J connectivity index is 1.75. The van der Waals surface area contributed by atoms with Crippen molar-refractivity contribution in [3.63, 3.8) is 0 Å². The fourth-order valence-corrected chi connectivity index (χ4v) is 4.37. The highest BCUT2D eigenvalue weighted by atomic mass is 19.1. The lowest BCUT2D eigenvalue weighted by molar-refractivity contribution is 0.108. The van der Waals surface area contributed by atoms with Gasteiger partial charge in [-0.1, -0.05) is 25.5 Å². The summed E-state index contributed by atoms with van der Waals surface area (Å²) < 4.78 is 14.5. The minimum Gasteiger partial charge on any atom is -0.368 e. The molecule has 3 heteroatoms. The molecule has 0 amide bonds. The quantitative estimate of drug-likeness (QED) is 0.713. The molecule has 2 heterocycles. The van der Waals surface area contributed by atoms with E-state index in [4.69, 9.17) is 0 Å². The van der Waals surface area contributed by atoms with Crippen molar-refractivity contribution in [1.29, 1.82) is 0 Å². The fourth-order valence-electron chi connectivity index (χ4n) is 4.37. The van der Waals surface area contributed by atoms with E-state index < -0.39 is 0 Å². The minimum atomic E-state index is 0.0952. The van der Waals surface area contributed by atoms with Crippen LogP contribution >= 0.6 is 0 Å². The largest absolute Gasteiger partial charge is 0.368 e. The highest BCUT2D eigenvalue weighted by Crippen LogP contribution is 2.53. The molecular weight excluding hydrogens is 251 g/mol. The van der Waals surface area contributed by atoms with Gasteiger partial charge in [0.2, 0.25) is 0 Å². The first-order chi connectivity index (χ1) is 9.40. The van der Waals surface area contributed by atoms with Gasteiger partial charge in [-0.3, -0.25) is 4.90 Å². The number of nitrogens with zero attached hydrogens (tertiary/aromatic N) is 2. The predicted molar refractivity (Wildman–Crippen MR) is 81.0 cm³/mol.